The second-order valence-corrected chi connectivity index (χ2v) is 4.28. The van der Waals surface area contributed by atoms with Gasteiger partial charge in [-0.05, 0) is 24.2 Å². The molecule has 0 aromatic rings. The lowest BCUT2D eigenvalue weighted by molar-refractivity contribution is 0.226. The van der Waals surface area contributed by atoms with Crippen LogP contribution in [-0.4, -0.2) is 0 Å². The van der Waals surface area contributed by atoms with E-state index < -0.39 is 0 Å². The van der Waals surface area contributed by atoms with Crippen LogP contribution in [0.15, 0.2) is 0 Å². The Balaban J connectivity index is 2.32. The SMILES string of the molecule is CC(C)C1CCC[C@@H](C)C1. The van der Waals surface area contributed by atoms with Gasteiger partial charge in [0.05, 0.1) is 0 Å². The van der Waals surface area contributed by atoms with Crippen LogP contribution in [0.1, 0.15) is 46.5 Å². The Hall–Kier alpha value is 0. The zero-order valence-corrected chi connectivity index (χ0v) is 7.56. The summed E-state index contributed by atoms with van der Waals surface area (Å²) in [6, 6.07) is 0. The summed E-state index contributed by atoms with van der Waals surface area (Å²) >= 11 is 0. The van der Waals surface area contributed by atoms with Crippen molar-refractivity contribution in [2.75, 3.05) is 0 Å². The number of hydrogen-bond acceptors (Lipinski definition) is 0. The summed E-state index contributed by atoms with van der Waals surface area (Å²) < 4.78 is 0. The third kappa shape index (κ3) is 2.00. The van der Waals surface area contributed by atoms with Crippen molar-refractivity contribution in [1.29, 1.82) is 0 Å². The van der Waals surface area contributed by atoms with Crippen LogP contribution in [0.2, 0.25) is 0 Å². The summed E-state index contributed by atoms with van der Waals surface area (Å²) in [5.74, 6) is 2.95. The molecule has 0 N–H and O–H groups in total. The first-order valence-electron chi connectivity index (χ1n) is 4.70. The van der Waals surface area contributed by atoms with E-state index in [-0.39, 0.29) is 0 Å². The van der Waals surface area contributed by atoms with E-state index in [2.05, 4.69) is 20.8 Å². The monoisotopic (exact) mass is 140 g/mol. The van der Waals surface area contributed by atoms with E-state index in [1.165, 1.54) is 25.7 Å². The maximum absolute atomic E-state index is 2.40. The normalized spacial score (nSPS) is 34.8. The first kappa shape index (κ1) is 8.10. The van der Waals surface area contributed by atoms with Crippen molar-refractivity contribution in [2.45, 2.75) is 46.5 Å². The lowest BCUT2D eigenvalue weighted by Gasteiger charge is -2.29. The largest absolute Gasteiger partial charge is 0.0625 e. The van der Waals surface area contributed by atoms with E-state index in [9.17, 15) is 0 Å². The van der Waals surface area contributed by atoms with Crippen molar-refractivity contribution < 1.29 is 0 Å². The van der Waals surface area contributed by atoms with Gasteiger partial charge < -0.3 is 0 Å². The van der Waals surface area contributed by atoms with Crippen molar-refractivity contribution >= 4 is 0 Å². The molecule has 1 aliphatic rings. The summed E-state index contributed by atoms with van der Waals surface area (Å²) in [6.45, 7) is 7.12. The minimum atomic E-state index is 0.919. The minimum Gasteiger partial charge on any atom is -0.0625 e. The van der Waals surface area contributed by atoms with Gasteiger partial charge in [0.2, 0.25) is 0 Å². The molecule has 10 heavy (non-hydrogen) atoms. The third-order valence-electron chi connectivity index (χ3n) is 2.92. The highest BCUT2D eigenvalue weighted by molar-refractivity contribution is 4.72. The third-order valence-corrected chi connectivity index (χ3v) is 2.92. The Morgan fingerprint density at radius 1 is 1.20 bits per heavy atom. The molecule has 1 fully saturated rings. The van der Waals surface area contributed by atoms with Gasteiger partial charge in [0.25, 0.3) is 0 Å². The van der Waals surface area contributed by atoms with Crippen LogP contribution in [-0.2, 0) is 0 Å². The van der Waals surface area contributed by atoms with E-state index in [1.807, 2.05) is 0 Å². The molecule has 0 radical (unpaired) electrons. The van der Waals surface area contributed by atoms with Crippen LogP contribution in [0.3, 0.4) is 0 Å². The number of rotatable bonds is 1. The molecule has 0 spiro atoms. The van der Waals surface area contributed by atoms with Gasteiger partial charge in [-0.3, -0.25) is 0 Å². The first-order chi connectivity index (χ1) is 4.70. The van der Waals surface area contributed by atoms with Gasteiger partial charge in [0.1, 0.15) is 0 Å². The van der Waals surface area contributed by atoms with Crippen molar-refractivity contribution in [3.05, 3.63) is 0 Å². The van der Waals surface area contributed by atoms with Gasteiger partial charge in [0.15, 0.2) is 0 Å². The molecule has 0 saturated heterocycles. The highest BCUT2D eigenvalue weighted by atomic mass is 14.3. The topological polar surface area (TPSA) is 0 Å². The van der Waals surface area contributed by atoms with Gasteiger partial charge >= 0.3 is 0 Å². The van der Waals surface area contributed by atoms with Crippen LogP contribution in [0, 0.1) is 17.8 Å². The van der Waals surface area contributed by atoms with Crippen molar-refractivity contribution in [3.8, 4) is 0 Å². The predicted octanol–water partition coefficient (Wildman–Crippen LogP) is 3.47. The number of hydrogen-bond donors (Lipinski definition) is 0. The highest BCUT2D eigenvalue weighted by Crippen LogP contribution is 2.32. The molecule has 0 bridgehead atoms. The van der Waals surface area contributed by atoms with E-state index >= 15 is 0 Å². The molecule has 1 aliphatic carbocycles. The molecule has 1 rings (SSSR count). The molecule has 1 unspecified atom stereocenters. The molecule has 2 atom stereocenters. The van der Waals surface area contributed by atoms with E-state index in [1.54, 1.807) is 0 Å². The molecule has 0 aliphatic heterocycles. The fraction of sp³-hybridized carbons (Fsp3) is 1.00. The van der Waals surface area contributed by atoms with Crippen molar-refractivity contribution in [2.24, 2.45) is 17.8 Å². The fourth-order valence-corrected chi connectivity index (χ4v) is 2.09. The molecule has 0 nitrogen and oxygen atoms in total. The van der Waals surface area contributed by atoms with Gasteiger partial charge in [0, 0.05) is 0 Å². The predicted molar refractivity (Wildman–Crippen MR) is 46.0 cm³/mol. The molecule has 0 aromatic heterocycles. The van der Waals surface area contributed by atoms with E-state index in [0.717, 1.165) is 17.8 Å². The van der Waals surface area contributed by atoms with E-state index in [4.69, 9.17) is 0 Å². The highest BCUT2D eigenvalue weighted by Gasteiger charge is 2.20. The molecular formula is C10H20. The molecular weight excluding hydrogens is 120 g/mol. The quantitative estimate of drug-likeness (QED) is 0.523. The first-order valence-corrected chi connectivity index (χ1v) is 4.70. The summed E-state index contributed by atoms with van der Waals surface area (Å²) in [7, 11) is 0. The smallest absolute Gasteiger partial charge is 0.0389 e. The van der Waals surface area contributed by atoms with Crippen LogP contribution in [0.4, 0.5) is 0 Å². The summed E-state index contributed by atoms with van der Waals surface area (Å²) in [5, 5.41) is 0. The fourth-order valence-electron chi connectivity index (χ4n) is 2.09. The molecule has 0 aromatic carbocycles. The second-order valence-electron chi connectivity index (χ2n) is 4.28. The van der Waals surface area contributed by atoms with Gasteiger partial charge in [-0.15, -0.1) is 0 Å². The molecule has 60 valence electrons. The zero-order valence-electron chi connectivity index (χ0n) is 7.56. The van der Waals surface area contributed by atoms with E-state index in [0.29, 0.717) is 0 Å². The molecule has 0 amide bonds. The lowest BCUT2D eigenvalue weighted by atomic mass is 9.77. The Bertz CT molecular complexity index is 94.2. The summed E-state index contributed by atoms with van der Waals surface area (Å²) in [5.41, 5.74) is 0. The second kappa shape index (κ2) is 3.41. The van der Waals surface area contributed by atoms with Gasteiger partial charge in [-0.1, -0.05) is 40.0 Å². The maximum atomic E-state index is 2.40. The zero-order chi connectivity index (χ0) is 7.56. The van der Waals surface area contributed by atoms with Crippen LogP contribution >= 0.6 is 0 Å². The van der Waals surface area contributed by atoms with Crippen LogP contribution in [0.5, 0.6) is 0 Å². The average Bonchev–Trinajstić information content (AvgIpc) is 1.88. The Kier molecular flexibility index (Phi) is 2.76. The van der Waals surface area contributed by atoms with Crippen molar-refractivity contribution in [1.82, 2.24) is 0 Å². The lowest BCUT2D eigenvalue weighted by Crippen LogP contribution is -2.17. The van der Waals surface area contributed by atoms with Crippen molar-refractivity contribution in [3.63, 3.8) is 0 Å². The maximum Gasteiger partial charge on any atom is -0.0389 e. The van der Waals surface area contributed by atoms with Crippen LogP contribution in [0.25, 0.3) is 0 Å². The molecule has 1 saturated carbocycles. The standard InChI is InChI=1S/C10H20/c1-8(2)10-6-4-5-9(3)7-10/h8-10H,4-7H2,1-3H3/t9-,10?/m1/s1. The summed E-state index contributed by atoms with van der Waals surface area (Å²) in [6.07, 6.45) is 5.92. The Morgan fingerprint density at radius 2 is 1.90 bits per heavy atom. The Morgan fingerprint density at radius 3 is 2.30 bits per heavy atom. The summed E-state index contributed by atoms with van der Waals surface area (Å²) in [4.78, 5) is 0. The molecule has 0 heterocycles. The van der Waals surface area contributed by atoms with Gasteiger partial charge in [-0.25, -0.2) is 0 Å². The van der Waals surface area contributed by atoms with Gasteiger partial charge in [-0.2, -0.15) is 0 Å². The molecule has 0 heteroatoms. The minimum absolute atomic E-state index is 0.919. The van der Waals surface area contributed by atoms with Crippen LogP contribution < -0.4 is 0 Å². The average molecular weight is 140 g/mol. The Labute approximate surface area is 65.0 Å².